The summed E-state index contributed by atoms with van der Waals surface area (Å²) in [5.74, 6) is 0.0955. The zero-order valence-electron chi connectivity index (χ0n) is 15.9. The molecule has 1 N–H and O–H groups in total. The number of nitrogens with zero attached hydrogens (tertiary/aromatic N) is 3. The van der Waals surface area contributed by atoms with Crippen molar-refractivity contribution in [2.45, 2.75) is 12.8 Å². The van der Waals surface area contributed by atoms with Crippen LogP contribution in [0.25, 0.3) is 11.0 Å². The minimum Gasteiger partial charge on any atom is -0.478 e. The summed E-state index contributed by atoms with van der Waals surface area (Å²) in [4.78, 5) is 24.0. The summed E-state index contributed by atoms with van der Waals surface area (Å²) in [6.07, 6.45) is 1.54. The number of amides is 1. The van der Waals surface area contributed by atoms with Crippen molar-refractivity contribution in [1.82, 2.24) is 9.97 Å². The van der Waals surface area contributed by atoms with E-state index in [4.69, 9.17) is 9.72 Å². The number of hydrogen-bond acceptors (Lipinski definition) is 5. The first-order valence-corrected chi connectivity index (χ1v) is 10.2. The molecule has 0 saturated carbocycles. The number of nitrogens with one attached hydrogen (secondary N) is 1. The van der Waals surface area contributed by atoms with Gasteiger partial charge in [-0.05, 0) is 43.2 Å². The predicted octanol–water partition coefficient (Wildman–Crippen LogP) is 4.40. The van der Waals surface area contributed by atoms with Gasteiger partial charge in [-0.25, -0.2) is 14.4 Å². The number of hydrogen-bond donors (Lipinski definition) is 1. The Morgan fingerprint density at radius 3 is 2.72 bits per heavy atom. The number of methoxy groups -OCH3 is 1. The number of rotatable bonds is 4. The van der Waals surface area contributed by atoms with Gasteiger partial charge in [-0.2, -0.15) is 0 Å². The molecule has 1 amide bonds. The van der Waals surface area contributed by atoms with Crippen LogP contribution >= 0.6 is 15.9 Å². The van der Waals surface area contributed by atoms with E-state index in [9.17, 15) is 9.18 Å². The molecular formula is C21H20BrFN4O2. The molecule has 0 radical (unpaired) electrons. The van der Waals surface area contributed by atoms with Crippen LogP contribution in [0, 0.1) is 11.7 Å². The molecule has 2 aromatic carbocycles. The molecule has 0 bridgehead atoms. The lowest BCUT2D eigenvalue weighted by atomic mass is 9.97. The molecule has 1 atom stereocenters. The van der Waals surface area contributed by atoms with Gasteiger partial charge in [-0.15, -0.1) is 0 Å². The fourth-order valence-corrected chi connectivity index (χ4v) is 3.86. The Morgan fingerprint density at radius 2 is 2.00 bits per heavy atom. The van der Waals surface area contributed by atoms with E-state index in [1.54, 1.807) is 19.2 Å². The zero-order chi connectivity index (χ0) is 20.4. The van der Waals surface area contributed by atoms with Crippen molar-refractivity contribution < 1.29 is 13.9 Å². The topological polar surface area (TPSA) is 67.4 Å². The molecule has 29 heavy (non-hydrogen) atoms. The third-order valence-electron chi connectivity index (χ3n) is 5.00. The molecule has 4 rings (SSSR count). The van der Waals surface area contributed by atoms with Gasteiger partial charge in [-0.3, -0.25) is 4.79 Å². The largest absolute Gasteiger partial charge is 0.478 e. The second kappa shape index (κ2) is 8.32. The Morgan fingerprint density at radius 1 is 1.24 bits per heavy atom. The van der Waals surface area contributed by atoms with E-state index in [0.717, 1.165) is 30.4 Å². The molecule has 0 aliphatic carbocycles. The van der Waals surface area contributed by atoms with E-state index in [0.29, 0.717) is 22.7 Å². The zero-order valence-corrected chi connectivity index (χ0v) is 17.4. The van der Waals surface area contributed by atoms with Crippen LogP contribution in [0.4, 0.5) is 15.9 Å². The van der Waals surface area contributed by atoms with Gasteiger partial charge in [0.1, 0.15) is 5.82 Å². The summed E-state index contributed by atoms with van der Waals surface area (Å²) >= 11 is 3.22. The summed E-state index contributed by atoms with van der Waals surface area (Å²) in [5, 5.41) is 2.71. The minimum absolute atomic E-state index is 0.179. The maximum Gasteiger partial charge on any atom is 0.257 e. The van der Waals surface area contributed by atoms with Crippen molar-refractivity contribution in [3.05, 3.63) is 52.8 Å². The first kappa shape index (κ1) is 19.6. The second-order valence-corrected chi connectivity index (χ2v) is 7.86. The number of carbonyl (C=O) groups excluding carboxylic acids is 1. The van der Waals surface area contributed by atoms with E-state index in [2.05, 4.69) is 26.2 Å². The molecule has 0 spiro atoms. The highest BCUT2D eigenvalue weighted by atomic mass is 79.9. The average molecular weight is 459 g/mol. The molecule has 3 aromatic rings. The normalized spacial score (nSPS) is 16.7. The van der Waals surface area contributed by atoms with Crippen molar-refractivity contribution in [2.24, 2.45) is 5.92 Å². The molecule has 1 fully saturated rings. The molecule has 150 valence electrons. The number of ether oxygens (including phenoxy) is 1. The highest BCUT2D eigenvalue weighted by Gasteiger charge is 2.29. The molecule has 8 heteroatoms. The van der Waals surface area contributed by atoms with E-state index in [1.165, 1.54) is 6.07 Å². The summed E-state index contributed by atoms with van der Waals surface area (Å²) in [5.41, 5.74) is 1.70. The first-order chi connectivity index (χ1) is 14.0. The summed E-state index contributed by atoms with van der Waals surface area (Å²) < 4.78 is 20.2. The number of anilines is 2. The van der Waals surface area contributed by atoms with Crippen LogP contribution in [0.2, 0.25) is 0 Å². The molecule has 2 heterocycles. The summed E-state index contributed by atoms with van der Waals surface area (Å²) in [7, 11) is 1.56. The molecule has 1 aliphatic rings. The maximum atomic E-state index is 14.1. The van der Waals surface area contributed by atoms with Crippen LogP contribution in [0.1, 0.15) is 12.8 Å². The fourth-order valence-electron chi connectivity index (χ4n) is 3.53. The molecular weight excluding hydrogens is 439 g/mol. The number of carbonyl (C=O) groups is 1. The lowest BCUT2D eigenvalue weighted by Gasteiger charge is -2.33. The number of para-hydroxylation sites is 2. The Kier molecular flexibility index (Phi) is 5.62. The van der Waals surface area contributed by atoms with Crippen LogP contribution < -0.4 is 15.0 Å². The van der Waals surface area contributed by atoms with Gasteiger partial charge in [0.15, 0.2) is 5.82 Å². The number of fused-ring (bicyclic) bond motifs is 1. The standard InChI is InChI=1S/C21H20BrFN4O2/c1-29-21-19(24-17-6-2-3-7-18(17)26-21)27-10-4-5-13(12-27)20(28)25-16-9-8-14(22)11-15(16)23/h2-3,6-9,11,13H,4-5,10,12H2,1H3,(H,25,28)/t13-/m0/s1. The molecule has 1 aromatic heterocycles. The predicted molar refractivity (Wildman–Crippen MR) is 114 cm³/mol. The Balaban J connectivity index is 1.55. The van der Waals surface area contributed by atoms with Gasteiger partial charge < -0.3 is 15.0 Å². The highest BCUT2D eigenvalue weighted by Crippen LogP contribution is 2.31. The lowest BCUT2D eigenvalue weighted by molar-refractivity contribution is -0.120. The van der Waals surface area contributed by atoms with Crippen LogP contribution in [-0.4, -0.2) is 36.1 Å². The number of benzene rings is 2. The summed E-state index contributed by atoms with van der Waals surface area (Å²) in [6.45, 7) is 1.22. The van der Waals surface area contributed by atoms with Crippen molar-refractivity contribution in [2.75, 3.05) is 30.4 Å². The van der Waals surface area contributed by atoms with Crippen LogP contribution in [0.3, 0.4) is 0 Å². The van der Waals surface area contributed by atoms with Crippen LogP contribution in [0.15, 0.2) is 46.9 Å². The van der Waals surface area contributed by atoms with Gasteiger partial charge in [-0.1, -0.05) is 28.1 Å². The van der Waals surface area contributed by atoms with Crippen LogP contribution in [0.5, 0.6) is 5.88 Å². The van der Waals surface area contributed by atoms with Gasteiger partial charge in [0.2, 0.25) is 5.91 Å². The van der Waals surface area contributed by atoms with E-state index >= 15 is 0 Å². The number of aromatic nitrogens is 2. The van der Waals surface area contributed by atoms with E-state index in [-0.39, 0.29) is 17.5 Å². The highest BCUT2D eigenvalue weighted by molar-refractivity contribution is 9.10. The monoisotopic (exact) mass is 458 g/mol. The average Bonchev–Trinajstić information content (AvgIpc) is 2.74. The van der Waals surface area contributed by atoms with E-state index in [1.807, 2.05) is 29.2 Å². The number of piperidine rings is 1. The van der Waals surface area contributed by atoms with E-state index < -0.39 is 5.82 Å². The fraction of sp³-hybridized carbons (Fsp3) is 0.286. The quantitative estimate of drug-likeness (QED) is 0.627. The third kappa shape index (κ3) is 4.17. The van der Waals surface area contributed by atoms with Gasteiger partial charge in [0.05, 0.1) is 29.7 Å². The van der Waals surface area contributed by atoms with Crippen molar-refractivity contribution in [1.29, 1.82) is 0 Å². The van der Waals surface area contributed by atoms with Gasteiger partial charge in [0, 0.05) is 17.6 Å². The summed E-state index contributed by atoms with van der Waals surface area (Å²) in [6, 6.07) is 12.2. The molecule has 6 nitrogen and oxygen atoms in total. The third-order valence-corrected chi connectivity index (χ3v) is 5.49. The Labute approximate surface area is 176 Å². The van der Waals surface area contributed by atoms with Crippen molar-refractivity contribution >= 4 is 44.4 Å². The lowest BCUT2D eigenvalue weighted by Crippen LogP contribution is -2.41. The molecule has 0 unspecified atom stereocenters. The van der Waals surface area contributed by atoms with Crippen molar-refractivity contribution in [3.8, 4) is 5.88 Å². The maximum absolute atomic E-state index is 14.1. The van der Waals surface area contributed by atoms with Crippen LogP contribution in [-0.2, 0) is 4.79 Å². The Hall–Kier alpha value is -2.74. The first-order valence-electron chi connectivity index (χ1n) is 9.37. The second-order valence-electron chi connectivity index (χ2n) is 6.94. The smallest absolute Gasteiger partial charge is 0.257 e. The molecule has 1 saturated heterocycles. The minimum atomic E-state index is -0.470. The van der Waals surface area contributed by atoms with Gasteiger partial charge >= 0.3 is 0 Å². The number of halogens is 2. The SMILES string of the molecule is COc1nc2ccccc2nc1N1CCC[C@H](C(=O)Nc2ccc(Br)cc2F)C1. The molecule has 1 aliphatic heterocycles. The Bertz CT molecular complexity index is 1060. The van der Waals surface area contributed by atoms with Gasteiger partial charge in [0.25, 0.3) is 5.88 Å². The van der Waals surface area contributed by atoms with Crippen molar-refractivity contribution in [3.63, 3.8) is 0 Å².